The number of hydrogen-bond donors (Lipinski definition) is 0. The van der Waals surface area contributed by atoms with E-state index >= 15 is 0 Å². The zero-order valence-electron chi connectivity index (χ0n) is 16.5. The number of para-hydroxylation sites is 1. The summed E-state index contributed by atoms with van der Waals surface area (Å²) in [5.74, 6) is -0.407. The SMILES string of the molecule is COc1cccc(/C=C2\N=C(c3ccc(F)cc3)OC2=O)c1OCc1ccc(F)cc1. The van der Waals surface area contributed by atoms with Gasteiger partial charge in [-0.2, -0.15) is 0 Å². The molecule has 1 aliphatic heterocycles. The molecule has 0 aromatic heterocycles. The highest BCUT2D eigenvalue weighted by molar-refractivity contribution is 6.13. The van der Waals surface area contributed by atoms with Crippen LogP contribution in [0.1, 0.15) is 16.7 Å². The fraction of sp³-hybridized carbons (Fsp3) is 0.0833. The van der Waals surface area contributed by atoms with Gasteiger partial charge in [0.25, 0.3) is 0 Å². The quantitative estimate of drug-likeness (QED) is 0.420. The second kappa shape index (κ2) is 8.79. The first kappa shape index (κ1) is 20.3. The molecule has 0 spiro atoms. The Labute approximate surface area is 177 Å². The normalized spacial score (nSPS) is 14.4. The van der Waals surface area contributed by atoms with Crippen LogP contribution in [0.2, 0.25) is 0 Å². The third-order valence-electron chi connectivity index (χ3n) is 4.53. The van der Waals surface area contributed by atoms with Crippen LogP contribution in [0.25, 0.3) is 6.08 Å². The Bertz CT molecular complexity index is 1170. The number of halogens is 2. The topological polar surface area (TPSA) is 57.1 Å². The van der Waals surface area contributed by atoms with Crippen molar-refractivity contribution >= 4 is 17.9 Å². The molecule has 7 heteroatoms. The number of esters is 1. The first-order valence-corrected chi connectivity index (χ1v) is 9.36. The minimum atomic E-state index is -0.633. The standard InChI is InChI=1S/C24H17F2NO4/c1-29-21-4-2-3-17(22(21)30-14-15-5-9-18(25)10-6-15)13-20-24(28)31-23(27-20)16-7-11-19(26)12-8-16/h2-13H,14H2,1H3/b20-13-. The molecule has 0 saturated heterocycles. The van der Waals surface area contributed by atoms with E-state index in [9.17, 15) is 13.6 Å². The first-order chi connectivity index (χ1) is 15.0. The summed E-state index contributed by atoms with van der Waals surface area (Å²) in [4.78, 5) is 16.6. The molecule has 31 heavy (non-hydrogen) atoms. The molecule has 0 atom stereocenters. The molecule has 5 nitrogen and oxygen atoms in total. The number of hydrogen-bond acceptors (Lipinski definition) is 5. The third kappa shape index (κ3) is 4.61. The van der Waals surface area contributed by atoms with Gasteiger partial charge >= 0.3 is 5.97 Å². The van der Waals surface area contributed by atoms with Crippen LogP contribution in [0.4, 0.5) is 8.78 Å². The van der Waals surface area contributed by atoms with E-state index in [1.54, 1.807) is 30.3 Å². The molecule has 1 aliphatic rings. The maximum Gasteiger partial charge on any atom is 0.363 e. The van der Waals surface area contributed by atoms with Crippen LogP contribution < -0.4 is 9.47 Å². The van der Waals surface area contributed by atoms with E-state index in [-0.39, 0.29) is 24.0 Å². The predicted octanol–water partition coefficient (Wildman–Crippen LogP) is 4.90. The molecule has 4 rings (SSSR count). The van der Waals surface area contributed by atoms with Crippen LogP contribution in [0.5, 0.6) is 11.5 Å². The Hall–Kier alpha value is -4.00. The molecule has 0 radical (unpaired) electrons. The summed E-state index contributed by atoms with van der Waals surface area (Å²) in [5.41, 5.74) is 1.87. The fourth-order valence-electron chi connectivity index (χ4n) is 2.97. The van der Waals surface area contributed by atoms with Gasteiger partial charge in [0.15, 0.2) is 17.2 Å². The Morgan fingerprint density at radius 3 is 2.32 bits per heavy atom. The smallest absolute Gasteiger partial charge is 0.363 e. The molecule has 0 amide bonds. The number of benzene rings is 3. The number of carbonyl (C=O) groups is 1. The van der Waals surface area contributed by atoms with Gasteiger partial charge in [-0.1, -0.05) is 24.3 Å². The van der Waals surface area contributed by atoms with Crippen molar-refractivity contribution < 1.29 is 27.8 Å². The number of cyclic esters (lactones) is 1. The summed E-state index contributed by atoms with van der Waals surface area (Å²) in [6, 6.07) is 16.6. The van der Waals surface area contributed by atoms with Crippen LogP contribution >= 0.6 is 0 Å². The van der Waals surface area contributed by atoms with Gasteiger partial charge in [0, 0.05) is 11.1 Å². The van der Waals surface area contributed by atoms with Gasteiger partial charge in [-0.15, -0.1) is 0 Å². The molecule has 0 fully saturated rings. The van der Waals surface area contributed by atoms with Crippen molar-refractivity contribution in [2.24, 2.45) is 4.99 Å². The first-order valence-electron chi connectivity index (χ1n) is 9.36. The van der Waals surface area contributed by atoms with Crippen molar-refractivity contribution in [2.45, 2.75) is 6.61 Å². The van der Waals surface area contributed by atoms with Gasteiger partial charge in [0.1, 0.15) is 18.2 Å². The number of carbonyl (C=O) groups excluding carboxylic acids is 1. The van der Waals surface area contributed by atoms with E-state index in [0.717, 1.165) is 5.56 Å². The highest BCUT2D eigenvalue weighted by atomic mass is 19.1. The zero-order valence-corrected chi connectivity index (χ0v) is 16.5. The summed E-state index contributed by atoms with van der Waals surface area (Å²) < 4.78 is 42.8. The van der Waals surface area contributed by atoms with Crippen LogP contribution in [-0.4, -0.2) is 19.0 Å². The van der Waals surface area contributed by atoms with Crippen LogP contribution in [0.15, 0.2) is 77.4 Å². The Balaban J connectivity index is 1.64. The van der Waals surface area contributed by atoms with Crippen molar-refractivity contribution in [3.05, 3.63) is 101 Å². The minimum absolute atomic E-state index is 0.0687. The number of ether oxygens (including phenoxy) is 3. The monoisotopic (exact) mass is 421 g/mol. The van der Waals surface area contributed by atoms with Crippen molar-refractivity contribution in [3.8, 4) is 11.5 Å². The average molecular weight is 421 g/mol. The maximum absolute atomic E-state index is 13.1. The van der Waals surface area contributed by atoms with E-state index in [4.69, 9.17) is 14.2 Å². The summed E-state index contributed by atoms with van der Waals surface area (Å²) >= 11 is 0. The van der Waals surface area contributed by atoms with Gasteiger partial charge in [0.05, 0.1) is 7.11 Å². The predicted molar refractivity (Wildman–Crippen MR) is 111 cm³/mol. The fourth-order valence-corrected chi connectivity index (χ4v) is 2.97. The van der Waals surface area contributed by atoms with Crippen molar-refractivity contribution in [3.63, 3.8) is 0 Å². The second-order valence-corrected chi connectivity index (χ2v) is 6.64. The molecule has 1 heterocycles. The largest absolute Gasteiger partial charge is 0.493 e. The third-order valence-corrected chi connectivity index (χ3v) is 4.53. The van der Waals surface area contributed by atoms with E-state index in [1.165, 1.54) is 49.6 Å². The summed E-state index contributed by atoms with van der Waals surface area (Å²) in [5, 5.41) is 0. The lowest BCUT2D eigenvalue weighted by atomic mass is 10.1. The lowest BCUT2D eigenvalue weighted by Crippen LogP contribution is -2.05. The highest BCUT2D eigenvalue weighted by Gasteiger charge is 2.25. The molecular formula is C24H17F2NO4. The average Bonchev–Trinajstić information content (AvgIpc) is 3.14. The summed E-state index contributed by atoms with van der Waals surface area (Å²) in [6.45, 7) is 0.172. The van der Waals surface area contributed by atoms with E-state index in [2.05, 4.69) is 4.99 Å². The maximum atomic E-state index is 13.1. The molecule has 0 N–H and O–H groups in total. The van der Waals surface area contributed by atoms with Crippen LogP contribution in [-0.2, 0) is 16.1 Å². The molecule has 3 aromatic rings. The number of nitrogens with zero attached hydrogens (tertiary/aromatic N) is 1. The molecule has 0 saturated carbocycles. The second-order valence-electron chi connectivity index (χ2n) is 6.64. The Kier molecular flexibility index (Phi) is 5.75. The lowest BCUT2D eigenvalue weighted by molar-refractivity contribution is -0.129. The minimum Gasteiger partial charge on any atom is -0.493 e. The van der Waals surface area contributed by atoms with Crippen molar-refractivity contribution in [1.82, 2.24) is 0 Å². The summed E-state index contributed by atoms with van der Waals surface area (Å²) in [7, 11) is 1.51. The van der Waals surface area contributed by atoms with Crippen molar-refractivity contribution in [1.29, 1.82) is 0 Å². The lowest BCUT2D eigenvalue weighted by Gasteiger charge is -2.13. The zero-order chi connectivity index (χ0) is 21.8. The highest BCUT2D eigenvalue weighted by Crippen LogP contribution is 2.34. The van der Waals surface area contributed by atoms with Crippen LogP contribution in [0, 0.1) is 11.6 Å². The van der Waals surface area contributed by atoms with E-state index in [1.807, 2.05) is 0 Å². The molecule has 0 bridgehead atoms. The van der Waals surface area contributed by atoms with Crippen LogP contribution in [0.3, 0.4) is 0 Å². The van der Waals surface area contributed by atoms with E-state index in [0.29, 0.717) is 22.6 Å². The number of methoxy groups -OCH3 is 1. The van der Waals surface area contributed by atoms with Crippen molar-refractivity contribution in [2.75, 3.05) is 7.11 Å². The molecule has 3 aromatic carbocycles. The van der Waals surface area contributed by atoms with Gasteiger partial charge in [-0.3, -0.25) is 0 Å². The molecule has 156 valence electrons. The van der Waals surface area contributed by atoms with Gasteiger partial charge in [0.2, 0.25) is 5.90 Å². The Morgan fingerprint density at radius 1 is 0.968 bits per heavy atom. The number of aliphatic imine (C=N–C) groups is 1. The molecule has 0 aliphatic carbocycles. The van der Waals surface area contributed by atoms with Gasteiger partial charge < -0.3 is 14.2 Å². The summed E-state index contributed by atoms with van der Waals surface area (Å²) in [6.07, 6.45) is 1.53. The van der Waals surface area contributed by atoms with E-state index < -0.39 is 11.8 Å². The Morgan fingerprint density at radius 2 is 1.65 bits per heavy atom. The molecule has 0 unspecified atom stereocenters. The molecular weight excluding hydrogens is 404 g/mol. The number of rotatable bonds is 6. The van der Waals surface area contributed by atoms with Gasteiger partial charge in [-0.05, 0) is 54.1 Å². The van der Waals surface area contributed by atoms with Gasteiger partial charge in [-0.25, -0.2) is 18.6 Å².